The van der Waals surface area contributed by atoms with Gasteiger partial charge in [-0.1, -0.05) is 182 Å². The van der Waals surface area contributed by atoms with Gasteiger partial charge in [0.1, 0.15) is 0 Å². The Labute approximate surface area is 400 Å². The fourth-order valence-electron chi connectivity index (χ4n) is 12.2. The Morgan fingerprint density at radius 1 is 0.257 bits per heavy atom. The van der Waals surface area contributed by atoms with Crippen molar-refractivity contribution in [2.75, 3.05) is 0 Å². The van der Waals surface area contributed by atoms with Crippen molar-refractivity contribution in [2.45, 2.75) is 0 Å². The van der Waals surface area contributed by atoms with E-state index in [1.54, 1.807) is 0 Å². The molecule has 0 unspecified atom stereocenters. The van der Waals surface area contributed by atoms with Crippen molar-refractivity contribution in [3.63, 3.8) is 0 Å². The lowest BCUT2D eigenvalue weighted by Crippen LogP contribution is -2.03. The van der Waals surface area contributed by atoms with E-state index < -0.39 is 0 Å². The first-order valence-electron chi connectivity index (χ1n) is 24.1. The van der Waals surface area contributed by atoms with Gasteiger partial charge in [-0.2, -0.15) is 0 Å². The van der Waals surface area contributed by atoms with Crippen molar-refractivity contribution in [3.8, 4) is 34.0 Å². The standard InChI is InChI=1S/C66H38N4/c1-2-14-39(15-3-1)40-30-33-44(34-31-40)69-57-26-10-7-19-50(57)63-52-23-12-21-47-48-22-13-24-53-62(48)55(54(61(47)52)37-59(63)69)38-60-64(53)51-20-8-11-27-58(51)70(60)66-67-56-25-9-6-18-49(56)65(68-66)43-32-35-46-42(36-43)29-28-41-16-4-5-17-45(41)46/h1-38H. The Balaban J connectivity index is 1.01. The summed E-state index contributed by atoms with van der Waals surface area (Å²) in [6.07, 6.45) is 0. The van der Waals surface area contributed by atoms with Crippen molar-refractivity contribution in [1.29, 1.82) is 0 Å². The van der Waals surface area contributed by atoms with Gasteiger partial charge in [0.2, 0.25) is 5.95 Å². The van der Waals surface area contributed by atoms with E-state index >= 15 is 0 Å². The Bertz CT molecular complexity index is 4870. The topological polar surface area (TPSA) is 35.6 Å². The van der Waals surface area contributed by atoms with E-state index in [4.69, 9.17) is 9.97 Å². The maximum absolute atomic E-state index is 5.61. The predicted molar refractivity (Wildman–Crippen MR) is 295 cm³/mol. The lowest BCUT2D eigenvalue weighted by molar-refractivity contribution is 1.01. The van der Waals surface area contributed by atoms with Gasteiger partial charge in [-0.15, -0.1) is 0 Å². The van der Waals surface area contributed by atoms with E-state index in [0.29, 0.717) is 5.95 Å². The van der Waals surface area contributed by atoms with Gasteiger partial charge in [-0.25, -0.2) is 9.97 Å². The van der Waals surface area contributed by atoms with Crippen LogP contribution in [0, 0.1) is 0 Å². The molecule has 13 aromatic carbocycles. The average Bonchev–Trinajstić information content (AvgIpc) is 3.95. The summed E-state index contributed by atoms with van der Waals surface area (Å²) in [6, 6.07) is 84.4. The Kier molecular flexibility index (Phi) is 7.58. The highest BCUT2D eigenvalue weighted by molar-refractivity contribution is 6.41. The van der Waals surface area contributed by atoms with E-state index in [1.807, 2.05) is 0 Å². The summed E-state index contributed by atoms with van der Waals surface area (Å²) in [7, 11) is 0. The van der Waals surface area contributed by atoms with Gasteiger partial charge in [-0.3, -0.25) is 4.57 Å². The first-order valence-corrected chi connectivity index (χ1v) is 24.1. The molecule has 0 saturated carbocycles. The Hall–Kier alpha value is -9.38. The quantitative estimate of drug-likeness (QED) is 0.130. The van der Waals surface area contributed by atoms with Gasteiger partial charge in [0.25, 0.3) is 0 Å². The van der Waals surface area contributed by atoms with Crippen LogP contribution in [0.4, 0.5) is 0 Å². The van der Waals surface area contributed by atoms with Crippen LogP contribution in [0.2, 0.25) is 0 Å². The second kappa shape index (κ2) is 14.1. The van der Waals surface area contributed by atoms with E-state index in [9.17, 15) is 0 Å². The molecule has 0 aliphatic heterocycles. The minimum absolute atomic E-state index is 0.650. The molecule has 0 spiro atoms. The summed E-state index contributed by atoms with van der Waals surface area (Å²) in [4.78, 5) is 11.0. The summed E-state index contributed by atoms with van der Waals surface area (Å²) < 4.78 is 4.79. The summed E-state index contributed by atoms with van der Waals surface area (Å²) in [5.74, 6) is 0.650. The number of rotatable bonds is 4. The van der Waals surface area contributed by atoms with E-state index in [0.717, 1.165) is 38.9 Å². The molecule has 0 saturated heterocycles. The molecule has 0 atom stereocenters. The number of hydrogen-bond acceptors (Lipinski definition) is 2. The van der Waals surface area contributed by atoms with Gasteiger partial charge in [0, 0.05) is 38.2 Å². The third kappa shape index (κ3) is 5.14. The molecule has 0 bridgehead atoms. The molecule has 0 aliphatic carbocycles. The monoisotopic (exact) mass is 886 g/mol. The van der Waals surface area contributed by atoms with Gasteiger partial charge < -0.3 is 4.57 Å². The molecule has 4 heteroatoms. The van der Waals surface area contributed by atoms with Crippen LogP contribution in [0.3, 0.4) is 0 Å². The van der Waals surface area contributed by atoms with Crippen molar-refractivity contribution in [2.24, 2.45) is 0 Å². The number of benzene rings is 13. The first-order chi connectivity index (χ1) is 34.7. The molecule has 322 valence electrons. The smallest absolute Gasteiger partial charge is 0.235 e. The summed E-state index contributed by atoms with van der Waals surface area (Å²) in [5.41, 5.74) is 11.0. The molecular formula is C66H38N4. The zero-order chi connectivity index (χ0) is 45.6. The molecule has 3 aromatic heterocycles. The van der Waals surface area contributed by atoms with E-state index in [1.165, 1.54) is 108 Å². The Morgan fingerprint density at radius 3 is 1.49 bits per heavy atom. The normalized spacial score (nSPS) is 12.3. The largest absolute Gasteiger partial charge is 0.309 e. The van der Waals surface area contributed by atoms with Crippen molar-refractivity contribution < 1.29 is 0 Å². The van der Waals surface area contributed by atoms with Gasteiger partial charge in [0.15, 0.2) is 0 Å². The maximum atomic E-state index is 5.61. The number of aromatic nitrogens is 4. The predicted octanol–water partition coefficient (Wildman–Crippen LogP) is 17.5. The average molecular weight is 887 g/mol. The zero-order valence-corrected chi connectivity index (χ0v) is 37.7. The summed E-state index contributed by atoms with van der Waals surface area (Å²) in [6.45, 7) is 0. The Morgan fingerprint density at radius 2 is 0.771 bits per heavy atom. The third-order valence-corrected chi connectivity index (χ3v) is 15.2. The molecule has 0 amide bonds. The van der Waals surface area contributed by atoms with Crippen LogP contribution in [-0.4, -0.2) is 19.1 Å². The molecule has 0 fully saturated rings. The number of hydrogen-bond donors (Lipinski definition) is 0. The number of fused-ring (bicyclic) bond motifs is 14. The van der Waals surface area contributed by atoms with Crippen LogP contribution in [-0.2, 0) is 0 Å². The van der Waals surface area contributed by atoms with Gasteiger partial charge >= 0.3 is 0 Å². The van der Waals surface area contributed by atoms with E-state index in [-0.39, 0.29) is 0 Å². The highest BCUT2D eigenvalue weighted by atomic mass is 15.2. The lowest BCUT2D eigenvalue weighted by atomic mass is 9.87. The summed E-state index contributed by atoms with van der Waals surface area (Å²) >= 11 is 0. The molecule has 4 nitrogen and oxygen atoms in total. The minimum Gasteiger partial charge on any atom is -0.309 e. The van der Waals surface area contributed by atoms with Crippen LogP contribution in [0.25, 0.3) is 153 Å². The van der Waals surface area contributed by atoms with E-state index in [2.05, 4.69) is 240 Å². The van der Waals surface area contributed by atoms with Crippen molar-refractivity contribution in [1.82, 2.24) is 19.1 Å². The van der Waals surface area contributed by atoms with Crippen LogP contribution in [0.5, 0.6) is 0 Å². The van der Waals surface area contributed by atoms with Crippen LogP contribution in [0.15, 0.2) is 231 Å². The molecular weight excluding hydrogens is 849 g/mol. The number of para-hydroxylation sites is 3. The minimum atomic E-state index is 0.650. The van der Waals surface area contributed by atoms with Gasteiger partial charge in [-0.05, 0) is 124 Å². The summed E-state index contributed by atoms with van der Waals surface area (Å²) in [5, 5.41) is 20.9. The van der Waals surface area contributed by atoms with Crippen molar-refractivity contribution in [3.05, 3.63) is 231 Å². The SMILES string of the molecule is c1ccc(-c2ccc(-n3c4ccccc4c4c5cccc6c7cccc8c7c(cc7c8c8ccccc8n7-c7nc(-c8ccc9c(ccc%10ccccc%109)c8)c8ccccc8n7)c(cc43)c65)cc2)cc1. The van der Waals surface area contributed by atoms with Gasteiger partial charge in [0.05, 0.1) is 33.3 Å². The fraction of sp³-hybridized carbons (Fsp3) is 0. The van der Waals surface area contributed by atoms with Crippen LogP contribution in [0.1, 0.15) is 0 Å². The molecule has 16 aromatic rings. The molecule has 3 heterocycles. The lowest BCUT2D eigenvalue weighted by Gasteiger charge is -2.17. The molecule has 0 radical (unpaired) electrons. The molecule has 70 heavy (non-hydrogen) atoms. The number of nitrogens with zero attached hydrogens (tertiary/aromatic N) is 4. The third-order valence-electron chi connectivity index (χ3n) is 15.2. The highest BCUT2D eigenvalue weighted by Gasteiger charge is 2.25. The molecule has 16 rings (SSSR count). The second-order valence-electron chi connectivity index (χ2n) is 18.8. The zero-order valence-electron chi connectivity index (χ0n) is 37.7. The second-order valence-corrected chi connectivity index (χ2v) is 18.8. The molecule has 0 N–H and O–H groups in total. The van der Waals surface area contributed by atoms with Crippen molar-refractivity contribution >= 4 is 119 Å². The van der Waals surface area contributed by atoms with Crippen LogP contribution < -0.4 is 0 Å². The van der Waals surface area contributed by atoms with Crippen LogP contribution >= 0.6 is 0 Å². The highest BCUT2D eigenvalue weighted by Crippen LogP contribution is 2.49. The maximum Gasteiger partial charge on any atom is 0.235 e. The fourth-order valence-corrected chi connectivity index (χ4v) is 12.2. The first kappa shape index (κ1) is 37.7. The molecule has 0 aliphatic rings.